The summed E-state index contributed by atoms with van der Waals surface area (Å²) in [4.78, 5) is 4.37. The first-order valence-corrected chi connectivity index (χ1v) is 7.19. The molecule has 0 unspecified atom stereocenters. The molecule has 3 rings (SSSR count). The van der Waals surface area contributed by atoms with Gasteiger partial charge in [-0.2, -0.15) is 0 Å². The molecule has 3 heteroatoms. The zero-order valence-corrected chi connectivity index (χ0v) is 11.5. The molecule has 0 spiro atoms. The lowest BCUT2D eigenvalue weighted by Crippen LogP contribution is -2.45. The molecular weight excluding hydrogens is 248 g/mol. The Morgan fingerprint density at radius 2 is 2.05 bits per heavy atom. The molecule has 0 bridgehead atoms. The van der Waals surface area contributed by atoms with Crippen LogP contribution in [0.5, 0.6) is 0 Å². The Morgan fingerprint density at radius 3 is 2.75 bits per heavy atom. The fraction of sp³-hybridized carbons (Fsp3) is 0.353. The molecule has 20 heavy (non-hydrogen) atoms. The number of benzene rings is 1. The predicted octanol–water partition coefficient (Wildman–Crippen LogP) is 2.75. The van der Waals surface area contributed by atoms with Gasteiger partial charge in [0.2, 0.25) is 0 Å². The fourth-order valence-electron chi connectivity index (χ4n) is 2.58. The normalized spacial score (nSPS) is 16.6. The Kier molecular flexibility index (Phi) is 3.81. The summed E-state index contributed by atoms with van der Waals surface area (Å²) in [5.74, 6) is 0. The van der Waals surface area contributed by atoms with E-state index in [-0.39, 0.29) is 0 Å². The van der Waals surface area contributed by atoms with Crippen LogP contribution in [0.2, 0.25) is 0 Å². The van der Waals surface area contributed by atoms with Crippen molar-refractivity contribution in [3.63, 3.8) is 0 Å². The zero-order valence-electron chi connectivity index (χ0n) is 11.5. The summed E-state index contributed by atoms with van der Waals surface area (Å²) in [5.41, 5.74) is 2.88. The molecular formula is C17H20N2O. The third-order valence-corrected chi connectivity index (χ3v) is 3.96. The maximum absolute atomic E-state index is 10.0. The van der Waals surface area contributed by atoms with E-state index in [9.17, 15) is 5.11 Å². The van der Waals surface area contributed by atoms with Gasteiger partial charge in [0.25, 0.3) is 0 Å². The Balaban J connectivity index is 1.63. The van der Waals surface area contributed by atoms with Gasteiger partial charge in [-0.25, -0.2) is 0 Å². The van der Waals surface area contributed by atoms with E-state index in [1.54, 1.807) is 0 Å². The van der Waals surface area contributed by atoms with E-state index in [1.807, 2.05) is 24.4 Å². The Morgan fingerprint density at radius 1 is 1.15 bits per heavy atom. The largest absolute Gasteiger partial charge is 0.389 e. The monoisotopic (exact) mass is 268 g/mol. The zero-order chi connectivity index (χ0) is 13.8. The number of nitrogens with one attached hydrogen (secondary N) is 1. The molecule has 3 nitrogen and oxygen atoms in total. The maximum Gasteiger partial charge on any atom is 0.0771 e. The van der Waals surface area contributed by atoms with Crippen LogP contribution >= 0.6 is 0 Å². The molecule has 0 atom stereocenters. The topological polar surface area (TPSA) is 45.1 Å². The number of nitrogens with zero attached hydrogens (tertiary/aromatic N) is 1. The van der Waals surface area contributed by atoms with Gasteiger partial charge < -0.3 is 10.4 Å². The second-order valence-electron chi connectivity index (χ2n) is 5.60. The van der Waals surface area contributed by atoms with Gasteiger partial charge in [-0.05, 0) is 43.0 Å². The minimum atomic E-state index is -0.460. The smallest absolute Gasteiger partial charge is 0.0771 e. The molecule has 1 aromatic carbocycles. The van der Waals surface area contributed by atoms with Crippen LogP contribution in [-0.4, -0.2) is 22.2 Å². The summed E-state index contributed by atoms with van der Waals surface area (Å²) >= 11 is 0. The highest BCUT2D eigenvalue weighted by Gasteiger charge is 2.33. The van der Waals surface area contributed by atoms with E-state index >= 15 is 0 Å². The van der Waals surface area contributed by atoms with Crippen LogP contribution in [0.3, 0.4) is 0 Å². The van der Waals surface area contributed by atoms with Gasteiger partial charge in [-0.3, -0.25) is 4.98 Å². The van der Waals surface area contributed by atoms with Gasteiger partial charge in [0, 0.05) is 24.8 Å². The molecule has 1 fully saturated rings. The standard InChI is InChI=1S/C17H20N2O/c20-17(8-4-9-17)13-18-12-14-5-3-6-15(11-14)16-7-1-2-10-19-16/h1-3,5-7,10-11,18,20H,4,8-9,12-13H2. The molecule has 2 N–H and O–H groups in total. The molecule has 1 aromatic heterocycles. The average Bonchev–Trinajstić information content (AvgIpc) is 2.47. The van der Waals surface area contributed by atoms with Crippen molar-refractivity contribution >= 4 is 0 Å². The molecule has 2 aromatic rings. The van der Waals surface area contributed by atoms with Crippen molar-refractivity contribution in [3.8, 4) is 11.3 Å². The summed E-state index contributed by atoms with van der Waals surface area (Å²) < 4.78 is 0. The van der Waals surface area contributed by atoms with Crippen molar-refractivity contribution in [2.45, 2.75) is 31.4 Å². The molecule has 104 valence electrons. The highest BCUT2D eigenvalue weighted by Crippen LogP contribution is 2.30. The number of aromatic nitrogens is 1. The highest BCUT2D eigenvalue weighted by atomic mass is 16.3. The first-order chi connectivity index (χ1) is 9.75. The number of pyridine rings is 1. The minimum absolute atomic E-state index is 0.460. The van der Waals surface area contributed by atoms with E-state index in [0.717, 1.165) is 37.1 Å². The van der Waals surface area contributed by atoms with Gasteiger partial charge in [-0.1, -0.05) is 24.3 Å². The van der Waals surface area contributed by atoms with Crippen LogP contribution in [0.4, 0.5) is 0 Å². The lowest BCUT2D eigenvalue weighted by Gasteiger charge is -2.36. The van der Waals surface area contributed by atoms with Gasteiger partial charge in [0.15, 0.2) is 0 Å². The lowest BCUT2D eigenvalue weighted by molar-refractivity contribution is -0.0314. The summed E-state index contributed by atoms with van der Waals surface area (Å²) in [6.45, 7) is 1.46. The molecule has 0 amide bonds. The number of hydrogen-bond donors (Lipinski definition) is 2. The summed E-state index contributed by atoms with van der Waals surface area (Å²) in [5, 5.41) is 13.4. The third-order valence-electron chi connectivity index (χ3n) is 3.96. The maximum atomic E-state index is 10.0. The third kappa shape index (κ3) is 3.06. The van der Waals surface area contributed by atoms with Crippen molar-refractivity contribution in [3.05, 3.63) is 54.2 Å². The minimum Gasteiger partial charge on any atom is -0.389 e. The summed E-state index contributed by atoms with van der Waals surface area (Å²) in [7, 11) is 0. The van der Waals surface area contributed by atoms with Gasteiger partial charge in [0.1, 0.15) is 0 Å². The van der Waals surface area contributed by atoms with Gasteiger partial charge >= 0.3 is 0 Å². The van der Waals surface area contributed by atoms with E-state index in [0.29, 0.717) is 6.54 Å². The van der Waals surface area contributed by atoms with E-state index in [4.69, 9.17) is 0 Å². The van der Waals surface area contributed by atoms with Crippen molar-refractivity contribution in [2.24, 2.45) is 0 Å². The molecule has 1 saturated carbocycles. The van der Waals surface area contributed by atoms with Crippen molar-refractivity contribution < 1.29 is 5.11 Å². The van der Waals surface area contributed by atoms with Crippen LogP contribution in [0.25, 0.3) is 11.3 Å². The van der Waals surface area contributed by atoms with Gasteiger partial charge in [-0.15, -0.1) is 0 Å². The number of aliphatic hydroxyl groups is 1. The summed E-state index contributed by atoms with van der Waals surface area (Å²) in [6, 6.07) is 14.3. The van der Waals surface area contributed by atoms with Gasteiger partial charge in [0.05, 0.1) is 11.3 Å². The van der Waals surface area contributed by atoms with Crippen molar-refractivity contribution in [2.75, 3.05) is 6.54 Å². The molecule has 1 aliphatic carbocycles. The second-order valence-corrected chi connectivity index (χ2v) is 5.60. The van der Waals surface area contributed by atoms with Crippen LogP contribution in [-0.2, 0) is 6.54 Å². The van der Waals surface area contributed by atoms with E-state index < -0.39 is 5.60 Å². The fourth-order valence-corrected chi connectivity index (χ4v) is 2.58. The average molecular weight is 268 g/mol. The predicted molar refractivity (Wildman–Crippen MR) is 80.2 cm³/mol. The van der Waals surface area contributed by atoms with Crippen molar-refractivity contribution in [1.29, 1.82) is 0 Å². The number of rotatable bonds is 5. The quantitative estimate of drug-likeness (QED) is 0.876. The number of hydrogen-bond acceptors (Lipinski definition) is 3. The van der Waals surface area contributed by atoms with Crippen LogP contribution in [0.1, 0.15) is 24.8 Å². The second kappa shape index (κ2) is 5.73. The summed E-state index contributed by atoms with van der Waals surface area (Å²) in [6.07, 6.45) is 4.81. The highest BCUT2D eigenvalue weighted by molar-refractivity contribution is 5.59. The van der Waals surface area contributed by atoms with Crippen molar-refractivity contribution in [1.82, 2.24) is 10.3 Å². The van der Waals surface area contributed by atoms with Crippen LogP contribution in [0.15, 0.2) is 48.7 Å². The lowest BCUT2D eigenvalue weighted by atomic mass is 9.80. The Hall–Kier alpha value is -1.71. The van der Waals surface area contributed by atoms with E-state index in [1.165, 1.54) is 5.56 Å². The van der Waals surface area contributed by atoms with E-state index in [2.05, 4.69) is 34.6 Å². The SMILES string of the molecule is OC1(CNCc2cccc(-c3ccccn3)c2)CCC1. The first kappa shape index (κ1) is 13.3. The first-order valence-electron chi connectivity index (χ1n) is 7.19. The van der Waals surface area contributed by atoms with Crippen LogP contribution in [0, 0.1) is 0 Å². The van der Waals surface area contributed by atoms with Crippen LogP contribution < -0.4 is 5.32 Å². The Bertz CT molecular complexity index is 564. The molecule has 0 saturated heterocycles. The molecule has 1 aliphatic rings. The molecule has 0 aliphatic heterocycles. The molecule has 0 radical (unpaired) electrons. The Labute approximate surface area is 119 Å². The molecule has 1 heterocycles.